The predicted octanol–water partition coefficient (Wildman–Crippen LogP) is 1.69. The van der Waals surface area contributed by atoms with Gasteiger partial charge in [-0.25, -0.2) is 0 Å². The van der Waals surface area contributed by atoms with Crippen molar-refractivity contribution in [1.29, 1.82) is 0 Å². The molecule has 3 unspecified atom stereocenters. The molecule has 2 aliphatic heterocycles. The maximum absolute atomic E-state index is 13.2. The van der Waals surface area contributed by atoms with Crippen LogP contribution >= 0.6 is 0 Å². The quantitative estimate of drug-likeness (QED) is 0.639. The van der Waals surface area contributed by atoms with E-state index < -0.39 is 6.04 Å². The van der Waals surface area contributed by atoms with E-state index in [1.54, 1.807) is 4.90 Å². The van der Waals surface area contributed by atoms with Crippen LogP contribution < -0.4 is 16.4 Å². The summed E-state index contributed by atoms with van der Waals surface area (Å²) in [6.07, 6.45) is 4.00. The van der Waals surface area contributed by atoms with Crippen molar-refractivity contribution in [3.63, 3.8) is 0 Å². The van der Waals surface area contributed by atoms with Crippen LogP contribution in [0.1, 0.15) is 67.4 Å². The van der Waals surface area contributed by atoms with Gasteiger partial charge in [-0.3, -0.25) is 19.7 Å². The number of hydrogen-bond donors (Lipinski definition) is 3. The summed E-state index contributed by atoms with van der Waals surface area (Å²) in [5.41, 5.74) is 9.00. The molecule has 0 bridgehead atoms. The minimum atomic E-state index is -0.578. The van der Waals surface area contributed by atoms with E-state index in [0.29, 0.717) is 49.0 Å². The van der Waals surface area contributed by atoms with Crippen molar-refractivity contribution in [3.8, 4) is 0 Å². The molecule has 30 heavy (non-hydrogen) atoms. The van der Waals surface area contributed by atoms with Crippen LogP contribution in [-0.4, -0.2) is 41.2 Å². The molecule has 1 saturated heterocycles. The molecule has 7 nitrogen and oxygen atoms in total. The third-order valence-corrected chi connectivity index (χ3v) is 7.01. The van der Waals surface area contributed by atoms with Crippen molar-refractivity contribution in [3.05, 3.63) is 34.9 Å². The standard InChI is InChI=1S/C23H32N4O3/c1-23(2)9-8-17(16(10-23)11-24)25-12-14-4-3-5-15-13-27(22(30)20(14)15)18-6-7-19(28)26-21(18)29/h3-5,16-18,25H,6-13,24H2,1-2H3,(H,26,28,29). The Hall–Kier alpha value is -2.25. The van der Waals surface area contributed by atoms with Crippen LogP contribution in [-0.2, 0) is 22.7 Å². The summed E-state index contributed by atoms with van der Waals surface area (Å²) in [7, 11) is 0. The number of nitrogens with zero attached hydrogens (tertiary/aromatic N) is 1. The maximum atomic E-state index is 13.2. The van der Waals surface area contributed by atoms with Crippen molar-refractivity contribution >= 4 is 17.7 Å². The lowest BCUT2D eigenvalue weighted by atomic mass is 9.70. The molecule has 7 heteroatoms. The van der Waals surface area contributed by atoms with E-state index in [9.17, 15) is 14.4 Å². The molecule has 3 aliphatic rings. The van der Waals surface area contributed by atoms with Gasteiger partial charge in [0.1, 0.15) is 6.04 Å². The van der Waals surface area contributed by atoms with Gasteiger partial charge in [-0.2, -0.15) is 0 Å². The molecule has 0 radical (unpaired) electrons. The molecule has 1 aliphatic carbocycles. The number of nitrogens with two attached hydrogens (primary N) is 1. The molecule has 3 amide bonds. The number of nitrogens with one attached hydrogen (secondary N) is 2. The highest BCUT2D eigenvalue weighted by atomic mass is 16.2. The van der Waals surface area contributed by atoms with Crippen molar-refractivity contribution in [1.82, 2.24) is 15.5 Å². The molecule has 4 rings (SSSR count). The van der Waals surface area contributed by atoms with Gasteiger partial charge in [0.15, 0.2) is 0 Å². The fourth-order valence-electron chi connectivity index (χ4n) is 5.33. The van der Waals surface area contributed by atoms with Crippen molar-refractivity contribution in [2.45, 2.75) is 71.1 Å². The fraction of sp³-hybridized carbons (Fsp3) is 0.609. The Kier molecular flexibility index (Phi) is 5.68. The molecule has 1 saturated carbocycles. The van der Waals surface area contributed by atoms with E-state index in [1.807, 2.05) is 18.2 Å². The molecule has 2 heterocycles. The van der Waals surface area contributed by atoms with E-state index in [-0.39, 0.29) is 24.1 Å². The number of imide groups is 1. The summed E-state index contributed by atoms with van der Waals surface area (Å²) in [6, 6.07) is 5.69. The average Bonchev–Trinajstić information content (AvgIpc) is 3.03. The lowest BCUT2D eigenvalue weighted by Crippen LogP contribution is -2.52. The lowest BCUT2D eigenvalue weighted by Gasteiger charge is -2.41. The predicted molar refractivity (Wildman–Crippen MR) is 113 cm³/mol. The molecule has 162 valence electrons. The average molecular weight is 413 g/mol. The van der Waals surface area contributed by atoms with E-state index in [2.05, 4.69) is 24.5 Å². The molecular weight excluding hydrogens is 380 g/mol. The number of benzene rings is 1. The number of carbonyl (C=O) groups is 3. The van der Waals surface area contributed by atoms with Crippen molar-refractivity contribution in [2.24, 2.45) is 17.1 Å². The minimum Gasteiger partial charge on any atom is -0.330 e. The number of amides is 3. The number of carbonyl (C=O) groups excluding carboxylic acids is 3. The second-order valence-electron chi connectivity index (χ2n) is 9.74. The molecule has 1 aromatic carbocycles. The Bertz CT molecular complexity index is 866. The van der Waals surface area contributed by atoms with Gasteiger partial charge < -0.3 is 16.0 Å². The SMILES string of the molecule is CC1(C)CCC(NCc2cccc3c2C(=O)N(C2CCC(=O)NC2=O)C3)C(CN)C1. The van der Waals surface area contributed by atoms with E-state index in [4.69, 9.17) is 5.73 Å². The first-order valence-electron chi connectivity index (χ1n) is 11.0. The van der Waals surface area contributed by atoms with Gasteiger partial charge in [0.05, 0.1) is 0 Å². The molecule has 0 spiro atoms. The second-order valence-corrected chi connectivity index (χ2v) is 9.74. The first-order valence-corrected chi connectivity index (χ1v) is 11.0. The van der Waals surface area contributed by atoms with Gasteiger partial charge in [0.2, 0.25) is 11.8 Å². The highest BCUT2D eigenvalue weighted by Crippen LogP contribution is 2.38. The monoisotopic (exact) mass is 412 g/mol. The van der Waals surface area contributed by atoms with E-state index in [1.165, 1.54) is 0 Å². The number of fused-ring (bicyclic) bond motifs is 1. The smallest absolute Gasteiger partial charge is 0.255 e. The van der Waals surface area contributed by atoms with Crippen LogP contribution in [0.4, 0.5) is 0 Å². The maximum Gasteiger partial charge on any atom is 0.255 e. The van der Waals surface area contributed by atoms with Crippen LogP contribution in [0, 0.1) is 11.3 Å². The van der Waals surface area contributed by atoms with Gasteiger partial charge >= 0.3 is 0 Å². The van der Waals surface area contributed by atoms with Crippen LogP contribution in [0.25, 0.3) is 0 Å². The van der Waals surface area contributed by atoms with E-state index in [0.717, 1.165) is 30.4 Å². The fourth-order valence-corrected chi connectivity index (χ4v) is 5.33. The summed E-state index contributed by atoms with van der Waals surface area (Å²) in [6.45, 7) is 6.30. The zero-order valence-corrected chi connectivity index (χ0v) is 17.9. The highest BCUT2D eigenvalue weighted by molar-refractivity contribution is 6.05. The second kappa shape index (κ2) is 8.12. The lowest BCUT2D eigenvalue weighted by molar-refractivity contribution is -0.136. The van der Waals surface area contributed by atoms with Crippen LogP contribution in [0.15, 0.2) is 18.2 Å². The summed E-state index contributed by atoms with van der Waals surface area (Å²) in [5.74, 6) is -0.323. The number of hydrogen-bond acceptors (Lipinski definition) is 5. The molecule has 0 aromatic heterocycles. The normalized spacial score (nSPS) is 28.4. The first kappa shape index (κ1) is 21.0. The molecule has 3 atom stereocenters. The number of piperidine rings is 1. The Labute approximate surface area is 177 Å². The van der Waals surface area contributed by atoms with Crippen LogP contribution in [0.2, 0.25) is 0 Å². The van der Waals surface area contributed by atoms with Gasteiger partial charge in [-0.1, -0.05) is 32.0 Å². The summed E-state index contributed by atoms with van der Waals surface area (Å²) in [5, 5.41) is 6.02. The zero-order chi connectivity index (χ0) is 21.5. The summed E-state index contributed by atoms with van der Waals surface area (Å²) >= 11 is 0. The van der Waals surface area contributed by atoms with Crippen molar-refractivity contribution < 1.29 is 14.4 Å². The van der Waals surface area contributed by atoms with Crippen molar-refractivity contribution in [2.75, 3.05) is 6.54 Å². The topological polar surface area (TPSA) is 105 Å². The Balaban J connectivity index is 1.47. The summed E-state index contributed by atoms with van der Waals surface area (Å²) < 4.78 is 0. The van der Waals surface area contributed by atoms with Gasteiger partial charge in [-0.15, -0.1) is 0 Å². The Morgan fingerprint density at radius 2 is 2.03 bits per heavy atom. The van der Waals surface area contributed by atoms with E-state index >= 15 is 0 Å². The molecular formula is C23H32N4O3. The van der Waals surface area contributed by atoms with Gasteiger partial charge in [0.25, 0.3) is 5.91 Å². The third-order valence-electron chi connectivity index (χ3n) is 7.01. The molecule has 1 aromatic rings. The van der Waals surface area contributed by atoms with Crippen LogP contribution in [0.5, 0.6) is 0 Å². The van der Waals surface area contributed by atoms with Crippen LogP contribution in [0.3, 0.4) is 0 Å². The van der Waals surface area contributed by atoms with Gasteiger partial charge in [-0.05, 0) is 54.7 Å². The Morgan fingerprint density at radius 1 is 1.23 bits per heavy atom. The summed E-state index contributed by atoms with van der Waals surface area (Å²) in [4.78, 5) is 38.6. The molecule has 4 N–H and O–H groups in total. The largest absolute Gasteiger partial charge is 0.330 e. The Morgan fingerprint density at radius 3 is 2.77 bits per heavy atom. The zero-order valence-electron chi connectivity index (χ0n) is 17.9. The highest BCUT2D eigenvalue weighted by Gasteiger charge is 2.40. The molecule has 2 fully saturated rings. The first-order chi connectivity index (χ1) is 14.3. The minimum absolute atomic E-state index is 0.114. The van der Waals surface area contributed by atoms with Gasteiger partial charge in [0, 0.05) is 31.1 Å². The third kappa shape index (κ3) is 4.01. The number of rotatable bonds is 5.